The minimum Gasteiger partial charge on any atom is -0.387 e. The topological polar surface area (TPSA) is 70.9 Å². The van der Waals surface area contributed by atoms with Crippen molar-refractivity contribution in [3.63, 3.8) is 0 Å². The van der Waals surface area contributed by atoms with E-state index in [1.807, 2.05) is 26.0 Å². The van der Waals surface area contributed by atoms with Gasteiger partial charge in [-0.05, 0) is 43.7 Å². The zero-order valence-electron chi connectivity index (χ0n) is 14.4. The Balaban J connectivity index is 1.81. The van der Waals surface area contributed by atoms with E-state index in [0.29, 0.717) is 17.2 Å². The molecule has 1 atom stereocenters. The van der Waals surface area contributed by atoms with E-state index in [0.717, 1.165) is 16.8 Å². The Kier molecular flexibility index (Phi) is 5.44. The van der Waals surface area contributed by atoms with Gasteiger partial charge in [-0.2, -0.15) is 0 Å². The van der Waals surface area contributed by atoms with Gasteiger partial charge in [0.25, 0.3) is 0 Å². The summed E-state index contributed by atoms with van der Waals surface area (Å²) in [6.45, 7) is 3.98. The molecule has 0 spiro atoms. The van der Waals surface area contributed by atoms with Gasteiger partial charge in [0, 0.05) is 35.8 Å². The van der Waals surface area contributed by atoms with Crippen LogP contribution in [-0.2, 0) is 0 Å². The molecule has 0 aliphatic heterocycles. The Morgan fingerprint density at radius 1 is 1.15 bits per heavy atom. The van der Waals surface area contributed by atoms with Gasteiger partial charge in [-0.3, -0.25) is 4.98 Å². The molecule has 0 fully saturated rings. The van der Waals surface area contributed by atoms with Crippen LogP contribution in [0.1, 0.15) is 22.9 Å². The smallest absolute Gasteiger partial charge is 0.161 e. The molecular weight excluding hydrogens is 355 g/mol. The van der Waals surface area contributed by atoms with Gasteiger partial charge >= 0.3 is 0 Å². The number of aromatic nitrogens is 3. The van der Waals surface area contributed by atoms with E-state index < -0.39 is 11.9 Å². The monoisotopic (exact) mass is 372 g/mol. The Morgan fingerprint density at radius 3 is 2.58 bits per heavy atom. The van der Waals surface area contributed by atoms with Crippen LogP contribution in [0.15, 0.2) is 42.7 Å². The molecular formula is C19H18ClFN4O. The average Bonchev–Trinajstić information content (AvgIpc) is 2.65. The lowest BCUT2D eigenvalue weighted by atomic mass is 10.1. The highest BCUT2D eigenvalue weighted by Gasteiger charge is 2.13. The number of hydrogen-bond donors (Lipinski definition) is 2. The molecule has 5 nitrogen and oxygen atoms in total. The molecule has 0 aliphatic carbocycles. The van der Waals surface area contributed by atoms with Crippen LogP contribution in [0.2, 0.25) is 5.02 Å². The first-order valence-corrected chi connectivity index (χ1v) is 8.46. The highest BCUT2D eigenvalue weighted by Crippen LogP contribution is 2.23. The number of aliphatic hydroxyl groups excluding tert-OH is 1. The largest absolute Gasteiger partial charge is 0.387 e. The summed E-state index contributed by atoms with van der Waals surface area (Å²) in [5, 5.41) is 13.5. The Labute approximate surface area is 155 Å². The van der Waals surface area contributed by atoms with Crippen LogP contribution in [-0.4, -0.2) is 26.6 Å². The summed E-state index contributed by atoms with van der Waals surface area (Å²) in [4.78, 5) is 13.0. The average molecular weight is 373 g/mol. The number of halogens is 2. The molecule has 7 heteroatoms. The molecule has 3 rings (SSSR count). The molecule has 0 aliphatic rings. The third-order valence-corrected chi connectivity index (χ3v) is 4.43. The summed E-state index contributed by atoms with van der Waals surface area (Å²) in [6.07, 6.45) is 2.46. The van der Waals surface area contributed by atoms with Crippen LogP contribution in [0.25, 0.3) is 11.4 Å². The fraction of sp³-hybridized carbons (Fsp3) is 0.211. The minimum atomic E-state index is -0.902. The van der Waals surface area contributed by atoms with E-state index >= 15 is 0 Å². The lowest BCUT2D eigenvalue weighted by Gasteiger charge is -2.16. The quantitative estimate of drug-likeness (QED) is 0.705. The summed E-state index contributed by atoms with van der Waals surface area (Å²) in [6, 6.07) is 7.92. The van der Waals surface area contributed by atoms with Gasteiger partial charge in [0.2, 0.25) is 0 Å². The first-order valence-electron chi connectivity index (χ1n) is 8.08. The van der Waals surface area contributed by atoms with Crippen molar-refractivity contribution >= 4 is 17.4 Å². The van der Waals surface area contributed by atoms with E-state index in [1.54, 1.807) is 18.5 Å². The van der Waals surface area contributed by atoms with Gasteiger partial charge in [0.05, 0.1) is 11.1 Å². The summed E-state index contributed by atoms with van der Waals surface area (Å²) in [5.41, 5.74) is 3.02. The minimum absolute atomic E-state index is 0.0261. The molecule has 0 saturated heterocycles. The van der Waals surface area contributed by atoms with Crippen molar-refractivity contribution in [2.24, 2.45) is 0 Å². The third kappa shape index (κ3) is 3.98. The normalized spacial score (nSPS) is 12.0. The summed E-state index contributed by atoms with van der Waals surface area (Å²) in [7, 11) is 0. The van der Waals surface area contributed by atoms with Gasteiger partial charge in [0.1, 0.15) is 11.6 Å². The van der Waals surface area contributed by atoms with Crippen LogP contribution < -0.4 is 5.32 Å². The van der Waals surface area contributed by atoms with E-state index in [9.17, 15) is 9.50 Å². The van der Waals surface area contributed by atoms with Gasteiger partial charge in [-0.1, -0.05) is 17.7 Å². The van der Waals surface area contributed by atoms with Crippen molar-refractivity contribution < 1.29 is 9.50 Å². The second-order valence-corrected chi connectivity index (χ2v) is 6.32. The maximum Gasteiger partial charge on any atom is 0.161 e. The molecule has 2 heterocycles. The molecule has 2 aromatic heterocycles. The van der Waals surface area contributed by atoms with Gasteiger partial charge in [0.15, 0.2) is 5.82 Å². The lowest BCUT2D eigenvalue weighted by Crippen LogP contribution is -2.15. The van der Waals surface area contributed by atoms with E-state index in [2.05, 4.69) is 20.3 Å². The predicted molar refractivity (Wildman–Crippen MR) is 99.6 cm³/mol. The van der Waals surface area contributed by atoms with Crippen molar-refractivity contribution in [1.82, 2.24) is 15.0 Å². The second kappa shape index (κ2) is 7.76. The number of benzene rings is 1. The highest BCUT2D eigenvalue weighted by atomic mass is 35.5. The maximum absolute atomic E-state index is 13.6. The molecule has 3 aromatic rings. The molecule has 26 heavy (non-hydrogen) atoms. The maximum atomic E-state index is 13.6. The van der Waals surface area contributed by atoms with Crippen molar-refractivity contribution in [2.75, 3.05) is 11.9 Å². The number of nitrogens with one attached hydrogen (secondary N) is 1. The summed E-state index contributed by atoms with van der Waals surface area (Å²) >= 11 is 5.68. The number of nitrogens with zero attached hydrogens (tertiary/aromatic N) is 3. The molecule has 2 N–H and O–H groups in total. The van der Waals surface area contributed by atoms with Crippen LogP contribution in [0.5, 0.6) is 0 Å². The highest BCUT2D eigenvalue weighted by molar-refractivity contribution is 6.30. The molecule has 0 bridgehead atoms. The van der Waals surface area contributed by atoms with Crippen LogP contribution in [0.4, 0.5) is 10.2 Å². The molecule has 0 amide bonds. The first kappa shape index (κ1) is 18.2. The Hall–Kier alpha value is -2.57. The Morgan fingerprint density at radius 2 is 1.88 bits per heavy atom. The first-order chi connectivity index (χ1) is 12.5. The summed E-state index contributed by atoms with van der Waals surface area (Å²) in [5.74, 6) is 0.639. The van der Waals surface area contributed by atoms with Crippen molar-refractivity contribution in [3.05, 3.63) is 70.4 Å². The van der Waals surface area contributed by atoms with Crippen LogP contribution >= 0.6 is 11.6 Å². The number of pyridine rings is 1. The van der Waals surface area contributed by atoms with Crippen LogP contribution in [0.3, 0.4) is 0 Å². The second-order valence-electron chi connectivity index (χ2n) is 5.91. The van der Waals surface area contributed by atoms with Gasteiger partial charge in [-0.15, -0.1) is 0 Å². The van der Waals surface area contributed by atoms with E-state index in [-0.39, 0.29) is 11.6 Å². The zero-order valence-corrected chi connectivity index (χ0v) is 15.1. The summed E-state index contributed by atoms with van der Waals surface area (Å²) < 4.78 is 13.6. The number of anilines is 1. The lowest BCUT2D eigenvalue weighted by molar-refractivity contribution is 0.191. The fourth-order valence-corrected chi connectivity index (χ4v) is 2.58. The fourth-order valence-electron chi connectivity index (χ4n) is 2.46. The van der Waals surface area contributed by atoms with Gasteiger partial charge in [-0.25, -0.2) is 14.4 Å². The number of rotatable bonds is 5. The SMILES string of the molecule is Cc1nc(-c2ccncc2)nc(NCC(O)c2ccc(Cl)c(F)c2)c1C. The standard InChI is InChI=1S/C19H18ClFN4O/c1-11-12(2)24-19(13-5-7-22-8-6-13)25-18(11)23-10-17(26)14-3-4-15(20)16(21)9-14/h3-9,17,26H,10H2,1-2H3,(H,23,24,25). The Bertz CT molecular complexity index is 921. The van der Waals surface area contributed by atoms with Crippen LogP contribution in [0, 0.1) is 19.7 Å². The molecule has 1 aromatic carbocycles. The van der Waals surface area contributed by atoms with Crippen molar-refractivity contribution in [1.29, 1.82) is 0 Å². The van der Waals surface area contributed by atoms with Crippen molar-refractivity contribution in [2.45, 2.75) is 20.0 Å². The number of aliphatic hydroxyl groups is 1. The zero-order chi connectivity index (χ0) is 18.7. The number of aryl methyl sites for hydroxylation is 1. The van der Waals surface area contributed by atoms with Crippen molar-refractivity contribution in [3.8, 4) is 11.4 Å². The number of hydrogen-bond acceptors (Lipinski definition) is 5. The van der Waals surface area contributed by atoms with E-state index in [1.165, 1.54) is 12.1 Å². The molecule has 1 unspecified atom stereocenters. The molecule has 134 valence electrons. The third-order valence-electron chi connectivity index (χ3n) is 4.12. The molecule has 0 radical (unpaired) electrons. The van der Waals surface area contributed by atoms with Gasteiger partial charge < -0.3 is 10.4 Å². The molecule has 0 saturated carbocycles. The predicted octanol–water partition coefficient (Wildman–Crippen LogP) is 4.09. The van der Waals surface area contributed by atoms with E-state index in [4.69, 9.17) is 11.6 Å².